The number of ether oxygens (including phenoxy) is 3. The van der Waals surface area contributed by atoms with Gasteiger partial charge in [-0.25, -0.2) is 9.59 Å². The topological polar surface area (TPSA) is 78.9 Å². The van der Waals surface area contributed by atoms with E-state index in [0.29, 0.717) is 25.9 Å². The van der Waals surface area contributed by atoms with Crippen molar-refractivity contribution in [1.82, 2.24) is 0 Å². The van der Waals surface area contributed by atoms with Crippen LogP contribution in [0.3, 0.4) is 0 Å². The van der Waals surface area contributed by atoms with Crippen molar-refractivity contribution in [3.8, 4) is 0 Å². The molecular formula is C25H44O6. The Kier molecular flexibility index (Phi) is 18.9. The van der Waals surface area contributed by atoms with Crippen molar-refractivity contribution < 1.29 is 28.6 Å². The van der Waals surface area contributed by atoms with Crippen molar-refractivity contribution in [3.05, 3.63) is 12.7 Å². The van der Waals surface area contributed by atoms with E-state index in [1.54, 1.807) is 0 Å². The van der Waals surface area contributed by atoms with E-state index in [4.69, 9.17) is 14.2 Å². The van der Waals surface area contributed by atoms with Crippen LogP contribution in [-0.4, -0.2) is 37.2 Å². The van der Waals surface area contributed by atoms with Gasteiger partial charge in [0.15, 0.2) is 0 Å². The molecule has 0 aromatic heterocycles. The molecule has 6 heteroatoms. The van der Waals surface area contributed by atoms with Crippen LogP contribution in [0.1, 0.15) is 104 Å². The smallest absolute Gasteiger partial charge is 0.348 e. The Hall–Kier alpha value is -1.85. The lowest BCUT2D eigenvalue weighted by Crippen LogP contribution is -2.40. The van der Waals surface area contributed by atoms with Gasteiger partial charge >= 0.3 is 17.9 Å². The molecule has 0 bridgehead atoms. The Bertz CT molecular complexity index is 502. The molecule has 0 saturated heterocycles. The van der Waals surface area contributed by atoms with Crippen LogP contribution in [0.5, 0.6) is 0 Å². The van der Waals surface area contributed by atoms with Gasteiger partial charge in [0.2, 0.25) is 6.10 Å². The first-order valence-electron chi connectivity index (χ1n) is 12.2. The highest BCUT2D eigenvalue weighted by atomic mass is 16.6. The first-order chi connectivity index (χ1) is 15.0. The van der Waals surface area contributed by atoms with E-state index in [1.807, 2.05) is 13.8 Å². The Morgan fingerprint density at radius 3 is 1.81 bits per heavy atom. The molecule has 0 aromatic carbocycles. The van der Waals surface area contributed by atoms with Gasteiger partial charge in [0.1, 0.15) is 5.92 Å². The lowest BCUT2D eigenvalue weighted by atomic mass is 9.95. The van der Waals surface area contributed by atoms with Crippen molar-refractivity contribution in [3.63, 3.8) is 0 Å². The summed E-state index contributed by atoms with van der Waals surface area (Å²) in [6.07, 6.45) is 12.4. The second kappa shape index (κ2) is 20.1. The molecule has 0 saturated carbocycles. The van der Waals surface area contributed by atoms with Crippen LogP contribution in [-0.2, 0) is 28.6 Å². The molecular weight excluding hydrogens is 396 g/mol. The van der Waals surface area contributed by atoms with E-state index in [-0.39, 0.29) is 6.61 Å². The maximum atomic E-state index is 12.8. The van der Waals surface area contributed by atoms with Gasteiger partial charge in [-0.05, 0) is 19.3 Å². The van der Waals surface area contributed by atoms with Gasteiger partial charge < -0.3 is 14.2 Å². The van der Waals surface area contributed by atoms with Crippen molar-refractivity contribution in [2.24, 2.45) is 5.92 Å². The maximum Gasteiger partial charge on any atom is 0.348 e. The third kappa shape index (κ3) is 14.7. The third-order valence-corrected chi connectivity index (χ3v) is 5.16. The molecule has 2 unspecified atom stereocenters. The molecule has 0 spiro atoms. The van der Waals surface area contributed by atoms with Crippen LogP contribution < -0.4 is 0 Å². The van der Waals surface area contributed by atoms with E-state index >= 15 is 0 Å². The molecule has 0 aliphatic rings. The van der Waals surface area contributed by atoms with Gasteiger partial charge in [0.05, 0.1) is 13.2 Å². The summed E-state index contributed by atoms with van der Waals surface area (Å²) < 4.78 is 15.9. The number of carbonyl (C=O) groups is 3. The van der Waals surface area contributed by atoms with Gasteiger partial charge in [-0.2, -0.15) is 0 Å². The molecule has 31 heavy (non-hydrogen) atoms. The fraction of sp³-hybridized carbons (Fsp3) is 0.800. The van der Waals surface area contributed by atoms with Crippen molar-refractivity contribution in [2.75, 3.05) is 13.2 Å². The summed E-state index contributed by atoms with van der Waals surface area (Å²) in [7, 11) is 0. The van der Waals surface area contributed by atoms with Gasteiger partial charge in [0.25, 0.3) is 0 Å². The SMILES string of the molecule is C=CC(=O)OC(C(=O)OCCCC)C(CCCC)C(=O)OCCCCCCCCCC. The largest absolute Gasteiger partial charge is 0.465 e. The molecule has 6 nitrogen and oxygen atoms in total. The Morgan fingerprint density at radius 1 is 0.710 bits per heavy atom. The quantitative estimate of drug-likeness (QED) is 0.101. The number of esters is 3. The van der Waals surface area contributed by atoms with Crippen molar-refractivity contribution in [2.45, 2.75) is 110 Å². The highest BCUT2D eigenvalue weighted by molar-refractivity contribution is 5.88. The minimum Gasteiger partial charge on any atom is -0.465 e. The summed E-state index contributed by atoms with van der Waals surface area (Å²) in [6.45, 7) is 10.1. The summed E-state index contributed by atoms with van der Waals surface area (Å²) in [5.41, 5.74) is 0. The van der Waals surface area contributed by atoms with Gasteiger partial charge in [-0.3, -0.25) is 4.79 Å². The van der Waals surface area contributed by atoms with E-state index in [1.165, 1.54) is 32.1 Å². The lowest BCUT2D eigenvalue weighted by molar-refractivity contribution is -0.176. The summed E-state index contributed by atoms with van der Waals surface area (Å²) in [6, 6.07) is 0. The second-order valence-electron chi connectivity index (χ2n) is 7.97. The summed E-state index contributed by atoms with van der Waals surface area (Å²) >= 11 is 0. The van der Waals surface area contributed by atoms with Crippen LogP contribution in [0, 0.1) is 5.92 Å². The number of unbranched alkanes of at least 4 members (excludes halogenated alkanes) is 9. The van der Waals surface area contributed by atoms with Crippen molar-refractivity contribution >= 4 is 17.9 Å². The minimum absolute atomic E-state index is 0.227. The molecule has 0 aliphatic carbocycles. The van der Waals surface area contributed by atoms with Crippen molar-refractivity contribution in [1.29, 1.82) is 0 Å². The first-order valence-corrected chi connectivity index (χ1v) is 12.2. The highest BCUT2D eigenvalue weighted by Crippen LogP contribution is 2.21. The van der Waals surface area contributed by atoms with E-state index < -0.39 is 29.9 Å². The standard InChI is InChI=1S/C25H44O6/c1-5-9-12-13-14-15-16-17-20-29-24(27)21(18-10-6-2)23(31-22(26)8-4)25(28)30-19-11-7-3/h8,21,23H,4-7,9-20H2,1-3H3. The molecule has 2 atom stereocenters. The number of carbonyl (C=O) groups excluding carboxylic acids is 3. The predicted octanol–water partition coefficient (Wildman–Crippen LogP) is 5.92. The predicted molar refractivity (Wildman–Crippen MR) is 123 cm³/mol. The second-order valence-corrected chi connectivity index (χ2v) is 7.97. The zero-order valence-electron chi connectivity index (χ0n) is 20.0. The fourth-order valence-corrected chi connectivity index (χ4v) is 3.20. The molecule has 0 radical (unpaired) electrons. The molecule has 180 valence electrons. The monoisotopic (exact) mass is 440 g/mol. The minimum atomic E-state index is -1.31. The Balaban J connectivity index is 4.76. The molecule has 0 rings (SSSR count). The summed E-state index contributed by atoms with van der Waals surface area (Å²) in [5.74, 6) is -2.83. The zero-order valence-corrected chi connectivity index (χ0v) is 20.0. The fourth-order valence-electron chi connectivity index (χ4n) is 3.20. The molecule has 0 aromatic rings. The lowest BCUT2D eigenvalue weighted by Gasteiger charge is -2.24. The average Bonchev–Trinajstić information content (AvgIpc) is 2.77. The molecule has 0 heterocycles. The Morgan fingerprint density at radius 2 is 1.23 bits per heavy atom. The van der Waals surface area contributed by atoms with E-state index in [2.05, 4.69) is 13.5 Å². The molecule has 0 N–H and O–H groups in total. The highest BCUT2D eigenvalue weighted by Gasteiger charge is 2.38. The average molecular weight is 441 g/mol. The van der Waals surface area contributed by atoms with Crippen LogP contribution in [0.15, 0.2) is 12.7 Å². The van der Waals surface area contributed by atoms with Crippen LogP contribution >= 0.6 is 0 Å². The molecule has 0 amide bonds. The number of hydrogen-bond acceptors (Lipinski definition) is 6. The molecule has 0 fully saturated rings. The normalized spacial score (nSPS) is 12.6. The van der Waals surface area contributed by atoms with Crippen LogP contribution in [0.2, 0.25) is 0 Å². The van der Waals surface area contributed by atoms with E-state index in [9.17, 15) is 14.4 Å². The van der Waals surface area contributed by atoms with Gasteiger partial charge in [0, 0.05) is 6.08 Å². The molecule has 0 aliphatic heterocycles. The van der Waals surface area contributed by atoms with Gasteiger partial charge in [-0.15, -0.1) is 0 Å². The number of rotatable bonds is 20. The van der Waals surface area contributed by atoms with Crippen LogP contribution in [0.25, 0.3) is 0 Å². The maximum absolute atomic E-state index is 12.8. The number of hydrogen-bond donors (Lipinski definition) is 0. The van der Waals surface area contributed by atoms with Gasteiger partial charge in [-0.1, -0.05) is 91.6 Å². The Labute approximate surface area is 189 Å². The van der Waals surface area contributed by atoms with Crippen LogP contribution in [0.4, 0.5) is 0 Å². The van der Waals surface area contributed by atoms with E-state index in [0.717, 1.165) is 38.2 Å². The zero-order chi connectivity index (χ0) is 23.3. The first kappa shape index (κ1) is 29.1. The summed E-state index contributed by atoms with van der Waals surface area (Å²) in [5, 5.41) is 0. The summed E-state index contributed by atoms with van der Waals surface area (Å²) in [4.78, 5) is 37.1. The third-order valence-electron chi connectivity index (χ3n) is 5.16.